The third-order valence-electron chi connectivity index (χ3n) is 6.31. The molecule has 1 aliphatic heterocycles. The summed E-state index contributed by atoms with van der Waals surface area (Å²) in [5, 5.41) is 0. The molecule has 0 N–H and O–H groups in total. The van der Waals surface area contributed by atoms with E-state index < -0.39 is 0 Å². The van der Waals surface area contributed by atoms with Crippen LogP contribution in [0.1, 0.15) is 39.5 Å². The molecule has 30 heavy (non-hydrogen) atoms. The summed E-state index contributed by atoms with van der Waals surface area (Å²) in [6.07, 6.45) is 4.25. The highest BCUT2D eigenvalue weighted by Crippen LogP contribution is 2.48. The van der Waals surface area contributed by atoms with Gasteiger partial charge in [-0.1, -0.05) is 38.1 Å². The lowest BCUT2D eigenvalue weighted by Gasteiger charge is -2.34. The van der Waals surface area contributed by atoms with Gasteiger partial charge in [0.25, 0.3) is 0 Å². The lowest BCUT2D eigenvalue weighted by Crippen LogP contribution is -2.38. The Hall–Kier alpha value is -2.46. The maximum Gasteiger partial charge on any atom is 0.209 e. The second-order valence-corrected chi connectivity index (χ2v) is 10.4. The van der Waals surface area contributed by atoms with Crippen LogP contribution in [-0.4, -0.2) is 5.60 Å². The molecule has 0 atom stereocenters. The Morgan fingerprint density at radius 2 is 1.50 bits per heavy atom. The largest absolute Gasteiger partial charge is 0.484 e. The summed E-state index contributed by atoms with van der Waals surface area (Å²) in [6.45, 7) is 4.36. The van der Waals surface area contributed by atoms with Crippen molar-refractivity contribution in [3.05, 3.63) is 72.5 Å². The van der Waals surface area contributed by atoms with Crippen LogP contribution in [-0.2, 0) is 10.9 Å². The summed E-state index contributed by atoms with van der Waals surface area (Å²) in [7, 11) is -0.375. The van der Waals surface area contributed by atoms with Crippen LogP contribution in [0.2, 0.25) is 0 Å². The van der Waals surface area contributed by atoms with Crippen LogP contribution in [0.3, 0.4) is 0 Å². The van der Waals surface area contributed by atoms with E-state index in [1.54, 1.807) is 6.07 Å². The van der Waals surface area contributed by atoms with Crippen LogP contribution in [0.4, 0.5) is 4.39 Å². The molecule has 0 unspecified atom stereocenters. The van der Waals surface area contributed by atoms with E-state index in [0.29, 0.717) is 11.7 Å². The molecular formula is C26H26FO2S+. The molecule has 5 rings (SSSR count). The Balaban J connectivity index is 1.60. The van der Waals surface area contributed by atoms with E-state index in [2.05, 4.69) is 26.0 Å². The van der Waals surface area contributed by atoms with Crippen LogP contribution >= 0.6 is 0 Å². The van der Waals surface area contributed by atoms with E-state index in [9.17, 15) is 4.39 Å². The lowest BCUT2D eigenvalue weighted by molar-refractivity contribution is 0.0249. The van der Waals surface area contributed by atoms with E-state index >= 15 is 0 Å². The molecule has 3 aromatic rings. The van der Waals surface area contributed by atoms with Crippen molar-refractivity contribution < 1.29 is 13.9 Å². The number of rotatable bonds is 4. The minimum absolute atomic E-state index is 0.270. The van der Waals surface area contributed by atoms with Crippen molar-refractivity contribution in [2.75, 3.05) is 0 Å². The van der Waals surface area contributed by atoms with Crippen LogP contribution in [0, 0.1) is 11.7 Å². The molecule has 0 amide bonds. The molecule has 1 fully saturated rings. The quantitative estimate of drug-likeness (QED) is 0.320. The normalized spacial score (nSPS) is 17.3. The molecule has 1 aliphatic carbocycles. The van der Waals surface area contributed by atoms with E-state index in [4.69, 9.17) is 9.47 Å². The number of ether oxygens (including phenoxy) is 2. The maximum atomic E-state index is 14.9. The molecule has 0 spiro atoms. The second-order valence-electron chi connectivity index (χ2n) is 8.42. The summed E-state index contributed by atoms with van der Waals surface area (Å²) in [5.74, 6) is 2.15. The topological polar surface area (TPSA) is 18.5 Å². The van der Waals surface area contributed by atoms with E-state index in [0.717, 1.165) is 51.9 Å². The highest BCUT2D eigenvalue weighted by atomic mass is 32.2. The van der Waals surface area contributed by atoms with Crippen LogP contribution in [0.15, 0.2) is 81.4 Å². The van der Waals surface area contributed by atoms with E-state index in [-0.39, 0.29) is 22.3 Å². The van der Waals surface area contributed by atoms with E-state index in [1.807, 2.05) is 48.5 Å². The van der Waals surface area contributed by atoms with Crippen LogP contribution in [0.5, 0.6) is 17.2 Å². The Morgan fingerprint density at radius 1 is 0.900 bits per heavy atom. The minimum Gasteiger partial charge on any atom is -0.484 e. The molecule has 0 radical (unpaired) electrons. The summed E-state index contributed by atoms with van der Waals surface area (Å²) < 4.78 is 27.5. The molecule has 1 saturated carbocycles. The van der Waals surface area contributed by atoms with Crippen molar-refractivity contribution in [3.63, 3.8) is 0 Å². The fraction of sp³-hybridized carbons (Fsp3) is 0.308. The Labute approximate surface area is 180 Å². The van der Waals surface area contributed by atoms with Crippen molar-refractivity contribution >= 4 is 10.9 Å². The van der Waals surface area contributed by atoms with Gasteiger partial charge >= 0.3 is 0 Å². The van der Waals surface area contributed by atoms with Gasteiger partial charge in [0.2, 0.25) is 9.79 Å². The first-order valence-corrected chi connectivity index (χ1v) is 11.9. The van der Waals surface area contributed by atoms with Gasteiger partial charge in [0.1, 0.15) is 16.5 Å². The van der Waals surface area contributed by atoms with Gasteiger partial charge in [-0.2, -0.15) is 0 Å². The lowest BCUT2D eigenvalue weighted by atomic mass is 9.88. The molecule has 2 nitrogen and oxygen atoms in total. The Morgan fingerprint density at radius 3 is 2.10 bits per heavy atom. The van der Waals surface area contributed by atoms with Gasteiger partial charge in [-0.3, -0.25) is 0 Å². The molecule has 0 bridgehead atoms. The van der Waals surface area contributed by atoms with E-state index in [1.165, 1.54) is 0 Å². The molecule has 0 aromatic heterocycles. The third-order valence-corrected chi connectivity index (χ3v) is 8.59. The summed E-state index contributed by atoms with van der Waals surface area (Å²) >= 11 is 0. The molecule has 0 saturated heterocycles. The zero-order valence-electron chi connectivity index (χ0n) is 17.4. The highest BCUT2D eigenvalue weighted by molar-refractivity contribution is 7.97. The molecular weight excluding hydrogens is 395 g/mol. The SMILES string of the molecule is CC(C)C1(Oc2cc([S+]3c4ccccc4Oc4ccccc43)ccc2F)CCCC1. The van der Waals surface area contributed by atoms with Gasteiger partial charge < -0.3 is 9.47 Å². The van der Waals surface area contributed by atoms with Gasteiger partial charge in [-0.15, -0.1) is 0 Å². The van der Waals surface area contributed by atoms with Gasteiger partial charge in [0.15, 0.2) is 28.0 Å². The Bertz CT molecular complexity index is 1030. The average Bonchev–Trinajstić information content (AvgIpc) is 3.24. The minimum atomic E-state index is -0.375. The van der Waals surface area contributed by atoms with Crippen molar-refractivity contribution in [1.29, 1.82) is 0 Å². The van der Waals surface area contributed by atoms with Crippen molar-refractivity contribution in [2.45, 2.75) is 59.8 Å². The number of halogens is 1. The first-order valence-electron chi connectivity index (χ1n) is 10.7. The van der Waals surface area contributed by atoms with Crippen molar-refractivity contribution in [1.82, 2.24) is 0 Å². The van der Waals surface area contributed by atoms with Crippen molar-refractivity contribution in [3.8, 4) is 17.2 Å². The zero-order chi connectivity index (χ0) is 20.7. The first kappa shape index (κ1) is 19.5. The highest BCUT2D eigenvalue weighted by Gasteiger charge is 2.42. The summed E-state index contributed by atoms with van der Waals surface area (Å²) in [4.78, 5) is 3.29. The molecule has 1 heterocycles. The Kier molecular flexibility index (Phi) is 4.98. The monoisotopic (exact) mass is 421 g/mol. The zero-order valence-corrected chi connectivity index (χ0v) is 18.2. The van der Waals surface area contributed by atoms with Crippen LogP contribution in [0.25, 0.3) is 0 Å². The number of hydrogen-bond donors (Lipinski definition) is 0. The maximum absolute atomic E-state index is 14.9. The fourth-order valence-corrected chi connectivity index (χ4v) is 6.80. The number of hydrogen-bond acceptors (Lipinski definition) is 2. The predicted octanol–water partition coefficient (Wildman–Crippen LogP) is 7.37. The molecule has 154 valence electrons. The predicted molar refractivity (Wildman–Crippen MR) is 118 cm³/mol. The third kappa shape index (κ3) is 3.27. The number of para-hydroxylation sites is 2. The molecule has 3 aromatic carbocycles. The summed E-state index contributed by atoms with van der Waals surface area (Å²) in [6, 6.07) is 21.6. The smallest absolute Gasteiger partial charge is 0.209 e. The first-order chi connectivity index (χ1) is 14.6. The standard InChI is InChI=1S/C26H26FO2S/c1-18(2)26(15-7-8-16-26)29-23-17-19(13-14-20(23)27)30-24-11-5-3-9-21(24)28-22-10-4-6-12-25(22)30/h3-6,9-14,17-18H,7-8,15-16H2,1-2H3/q+1. The molecule has 4 heteroatoms. The number of benzene rings is 3. The number of fused-ring (bicyclic) bond motifs is 2. The van der Waals surface area contributed by atoms with Gasteiger partial charge in [0, 0.05) is 6.07 Å². The second kappa shape index (κ2) is 7.66. The van der Waals surface area contributed by atoms with Gasteiger partial charge in [0.05, 0.1) is 0 Å². The average molecular weight is 422 g/mol. The van der Waals surface area contributed by atoms with Crippen LogP contribution < -0.4 is 9.47 Å². The van der Waals surface area contributed by atoms with Gasteiger partial charge in [-0.25, -0.2) is 4.39 Å². The fourth-order valence-electron chi connectivity index (χ4n) is 4.58. The summed E-state index contributed by atoms with van der Waals surface area (Å²) in [5.41, 5.74) is -0.270. The molecule has 2 aliphatic rings. The van der Waals surface area contributed by atoms with Gasteiger partial charge in [-0.05, 0) is 68.0 Å². The van der Waals surface area contributed by atoms with Crippen molar-refractivity contribution in [2.24, 2.45) is 5.92 Å².